The van der Waals surface area contributed by atoms with Gasteiger partial charge in [-0.05, 0) is 27.2 Å². The van der Waals surface area contributed by atoms with Gasteiger partial charge in [-0.25, -0.2) is 0 Å². The predicted molar refractivity (Wildman–Crippen MR) is 68.5 cm³/mol. The molecule has 0 spiro atoms. The average molecular weight is 254 g/mol. The Morgan fingerprint density at radius 3 is 2.83 bits per heavy atom. The van der Waals surface area contributed by atoms with E-state index in [9.17, 15) is 0 Å². The molecule has 0 saturated carbocycles. The molecule has 0 bridgehead atoms. The Balaban J connectivity index is 1.92. The molecule has 6 heteroatoms. The third-order valence-electron chi connectivity index (χ3n) is 2.72. The summed E-state index contributed by atoms with van der Waals surface area (Å²) in [6.45, 7) is 10.2. The highest BCUT2D eigenvalue weighted by atomic mass is 16.5. The SMILES string of the molecule is CC(C)(C)NCc1nnc(N2CCCOCC2)o1. The summed E-state index contributed by atoms with van der Waals surface area (Å²) in [6.07, 6.45) is 0.998. The van der Waals surface area contributed by atoms with Crippen molar-refractivity contribution in [3.63, 3.8) is 0 Å². The van der Waals surface area contributed by atoms with Crippen LogP contribution in [0.4, 0.5) is 6.01 Å². The average Bonchev–Trinajstić information content (AvgIpc) is 2.60. The Hall–Kier alpha value is -1.14. The summed E-state index contributed by atoms with van der Waals surface area (Å²) in [4.78, 5) is 2.08. The van der Waals surface area contributed by atoms with Gasteiger partial charge < -0.3 is 19.4 Å². The number of nitrogens with zero attached hydrogens (tertiary/aromatic N) is 3. The molecule has 2 heterocycles. The Morgan fingerprint density at radius 1 is 1.22 bits per heavy atom. The summed E-state index contributed by atoms with van der Waals surface area (Å²) in [5, 5.41) is 11.5. The second kappa shape index (κ2) is 5.67. The first-order chi connectivity index (χ1) is 8.54. The number of aromatic nitrogens is 2. The number of hydrogen-bond donors (Lipinski definition) is 1. The molecule has 1 fully saturated rings. The first-order valence-corrected chi connectivity index (χ1v) is 6.45. The fraction of sp³-hybridized carbons (Fsp3) is 0.833. The molecule has 102 valence electrons. The third-order valence-corrected chi connectivity index (χ3v) is 2.72. The van der Waals surface area contributed by atoms with E-state index < -0.39 is 0 Å². The summed E-state index contributed by atoms with van der Waals surface area (Å²) < 4.78 is 11.1. The van der Waals surface area contributed by atoms with Crippen molar-refractivity contribution in [3.05, 3.63) is 5.89 Å². The minimum Gasteiger partial charge on any atom is -0.407 e. The van der Waals surface area contributed by atoms with Crippen LogP contribution in [-0.2, 0) is 11.3 Å². The molecule has 0 unspecified atom stereocenters. The Kier molecular flexibility index (Phi) is 4.19. The van der Waals surface area contributed by atoms with E-state index in [1.807, 2.05) is 0 Å². The Labute approximate surface area is 108 Å². The highest BCUT2D eigenvalue weighted by molar-refractivity contribution is 5.23. The van der Waals surface area contributed by atoms with Crippen molar-refractivity contribution in [1.29, 1.82) is 0 Å². The van der Waals surface area contributed by atoms with Crippen molar-refractivity contribution in [3.8, 4) is 0 Å². The van der Waals surface area contributed by atoms with E-state index in [0.29, 0.717) is 18.5 Å². The molecule has 18 heavy (non-hydrogen) atoms. The Morgan fingerprint density at radius 2 is 2.06 bits per heavy atom. The zero-order valence-corrected chi connectivity index (χ0v) is 11.4. The lowest BCUT2D eigenvalue weighted by atomic mass is 10.1. The number of nitrogens with one attached hydrogen (secondary N) is 1. The van der Waals surface area contributed by atoms with Gasteiger partial charge in [-0.2, -0.15) is 0 Å². The summed E-state index contributed by atoms with van der Waals surface area (Å²) in [7, 11) is 0. The number of hydrogen-bond acceptors (Lipinski definition) is 6. The van der Waals surface area contributed by atoms with Gasteiger partial charge in [-0.1, -0.05) is 5.10 Å². The summed E-state index contributed by atoms with van der Waals surface area (Å²) >= 11 is 0. The van der Waals surface area contributed by atoms with Crippen LogP contribution in [0.5, 0.6) is 0 Å². The van der Waals surface area contributed by atoms with E-state index in [0.717, 1.165) is 32.7 Å². The van der Waals surface area contributed by atoms with E-state index in [1.165, 1.54) is 0 Å². The molecule has 1 aromatic rings. The third kappa shape index (κ3) is 3.96. The van der Waals surface area contributed by atoms with Crippen molar-refractivity contribution < 1.29 is 9.15 Å². The maximum atomic E-state index is 5.66. The first-order valence-electron chi connectivity index (χ1n) is 6.45. The highest BCUT2D eigenvalue weighted by Crippen LogP contribution is 2.14. The van der Waals surface area contributed by atoms with Crippen LogP contribution in [0.25, 0.3) is 0 Å². The molecule has 2 rings (SSSR count). The summed E-state index contributed by atoms with van der Waals surface area (Å²) in [6, 6.07) is 0.603. The Bertz CT molecular complexity index is 364. The number of ether oxygens (including phenoxy) is 1. The van der Waals surface area contributed by atoms with Crippen LogP contribution in [0.3, 0.4) is 0 Å². The minimum absolute atomic E-state index is 0.0467. The van der Waals surface area contributed by atoms with E-state index >= 15 is 0 Å². The first kappa shape index (κ1) is 13.3. The smallest absolute Gasteiger partial charge is 0.318 e. The largest absolute Gasteiger partial charge is 0.407 e. The molecule has 0 aliphatic carbocycles. The van der Waals surface area contributed by atoms with Crippen LogP contribution in [0.1, 0.15) is 33.1 Å². The fourth-order valence-corrected chi connectivity index (χ4v) is 1.72. The van der Waals surface area contributed by atoms with E-state index in [4.69, 9.17) is 9.15 Å². The van der Waals surface area contributed by atoms with Crippen LogP contribution >= 0.6 is 0 Å². The second-order valence-electron chi connectivity index (χ2n) is 5.53. The molecule has 1 aliphatic rings. The van der Waals surface area contributed by atoms with Gasteiger partial charge in [0.25, 0.3) is 0 Å². The maximum Gasteiger partial charge on any atom is 0.318 e. The second-order valence-corrected chi connectivity index (χ2v) is 5.53. The molecule has 1 aliphatic heterocycles. The highest BCUT2D eigenvalue weighted by Gasteiger charge is 2.17. The normalized spacial score (nSPS) is 17.8. The van der Waals surface area contributed by atoms with Crippen LogP contribution in [-0.4, -0.2) is 42.0 Å². The minimum atomic E-state index is 0.0467. The van der Waals surface area contributed by atoms with Crippen molar-refractivity contribution >= 4 is 6.01 Å². The molecule has 6 nitrogen and oxygen atoms in total. The van der Waals surface area contributed by atoms with Gasteiger partial charge in [0.05, 0.1) is 13.2 Å². The lowest BCUT2D eigenvalue weighted by Crippen LogP contribution is -2.35. The number of rotatable bonds is 3. The van der Waals surface area contributed by atoms with Crippen molar-refractivity contribution in [2.75, 3.05) is 31.2 Å². The molecule has 1 N–H and O–H groups in total. The van der Waals surface area contributed by atoms with Gasteiger partial charge in [0.15, 0.2) is 0 Å². The summed E-state index contributed by atoms with van der Waals surface area (Å²) in [5.41, 5.74) is 0.0467. The molecule has 0 aromatic carbocycles. The standard InChI is InChI=1S/C12H22N4O2/c1-12(2,3)13-9-10-14-15-11(18-10)16-5-4-7-17-8-6-16/h13H,4-9H2,1-3H3. The van der Waals surface area contributed by atoms with E-state index in [2.05, 4.69) is 41.2 Å². The van der Waals surface area contributed by atoms with Gasteiger partial charge in [0, 0.05) is 25.2 Å². The van der Waals surface area contributed by atoms with Crippen LogP contribution in [0.15, 0.2) is 4.42 Å². The van der Waals surface area contributed by atoms with Gasteiger partial charge in [-0.15, -0.1) is 5.10 Å². The predicted octanol–water partition coefficient (Wildman–Crippen LogP) is 1.18. The quantitative estimate of drug-likeness (QED) is 0.874. The fourth-order valence-electron chi connectivity index (χ4n) is 1.72. The molecular formula is C12H22N4O2. The molecule has 0 radical (unpaired) electrons. The lowest BCUT2D eigenvalue weighted by Gasteiger charge is -2.19. The monoisotopic (exact) mass is 254 g/mol. The van der Waals surface area contributed by atoms with Crippen LogP contribution in [0.2, 0.25) is 0 Å². The van der Waals surface area contributed by atoms with E-state index in [-0.39, 0.29) is 5.54 Å². The molecule has 0 atom stereocenters. The van der Waals surface area contributed by atoms with Crippen molar-refractivity contribution in [2.24, 2.45) is 0 Å². The van der Waals surface area contributed by atoms with Crippen molar-refractivity contribution in [2.45, 2.75) is 39.3 Å². The zero-order valence-electron chi connectivity index (χ0n) is 11.4. The topological polar surface area (TPSA) is 63.4 Å². The lowest BCUT2D eigenvalue weighted by molar-refractivity contribution is 0.152. The molecule has 0 amide bonds. The van der Waals surface area contributed by atoms with Gasteiger partial charge >= 0.3 is 6.01 Å². The summed E-state index contributed by atoms with van der Waals surface area (Å²) in [5.74, 6) is 0.630. The molecule has 1 saturated heterocycles. The zero-order chi connectivity index (χ0) is 13.0. The number of anilines is 1. The molecule has 1 aromatic heterocycles. The van der Waals surface area contributed by atoms with E-state index in [1.54, 1.807) is 0 Å². The maximum absolute atomic E-state index is 5.66. The van der Waals surface area contributed by atoms with Crippen LogP contribution < -0.4 is 10.2 Å². The van der Waals surface area contributed by atoms with Gasteiger partial charge in [-0.3, -0.25) is 0 Å². The van der Waals surface area contributed by atoms with Crippen LogP contribution in [0, 0.1) is 0 Å². The van der Waals surface area contributed by atoms with Crippen molar-refractivity contribution in [1.82, 2.24) is 15.5 Å². The van der Waals surface area contributed by atoms with Gasteiger partial charge in [0.1, 0.15) is 0 Å². The molecular weight excluding hydrogens is 232 g/mol. The van der Waals surface area contributed by atoms with Gasteiger partial charge in [0.2, 0.25) is 5.89 Å².